The third-order valence-electron chi connectivity index (χ3n) is 3.20. The highest BCUT2D eigenvalue weighted by atomic mass is 79.9. The molecule has 5 heteroatoms. The van der Waals surface area contributed by atoms with Crippen LogP contribution in [0.15, 0.2) is 53.1 Å². The molecule has 0 aliphatic rings. The van der Waals surface area contributed by atoms with Gasteiger partial charge in [0.05, 0.1) is 11.7 Å². The maximum absolute atomic E-state index is 12.5. The van der Waals surface area contributed by atoms with E-state index in [0.29, 0.717) is 0 Å². The van der Waals surface area contributed by atoms with Crippen LogP contribution in [0.5, 0.6) is 0 Å². The summed E-state index contributed by atoms with van der Waals surface area (Å²) in [7, 11) is 0. The van der Waals surface area contributed by atoms with Crippen molar-refractivity contribution < 1.29 is 4.55 Å². The van der Waals surface area contributed by atoms with Gasteiger partial charge in [0.2, 0.25) is 0 Å². The van der Waals surface area contributed by atoms with Gasteiger partial charge in [0, 0.05) is 22.0 Å². The highest BCUT2D eigenvalue weighted by Gasteiger charge is 2.30. The predicted molar refractivity (Wildman–Crippen MR) is 95.9 cm³/mol. The zero-order valence-corrected chi connectivity index (χ0v) is 15.4. The van der Waals surface area contributed by atoms with E-state index in [1.807, 2.05) is 51.1 Å². The Bertz CT molecular complexity index is 584. The van der Waals surface area contributed by atoms with Gasteiger partial charge in [0.15, 0.2) is 0 Å². The van der Waals surface area contributed by atoms with Gasteiger partial charge in [0.25, 0.3) is 0 Å². The fourth-order valence-electron chi connectivity index (χ4n) is 1.96. The molecule has 0 saturated heterocycles. The lowest BCUT2D eigenvalue weighted by molar-refractivity contribution is 0.518. The van der Waals surface area contributed by atoms with Gasteiger partial charge in [0.1, 0.15) is 4.75 Å². The Balaban J connectivity index is 2.22. The number of hydrogen-bond donors (Lipinski definition) is 1. The molecule has 118 valence electrons. The van der Waals surface area contributed by atoms with Crippen LogP contribution in [0.1, 0.15) is 38.1 Å². The molecule has 0 aliphatic carbocycles. The quantitative estimate of drug-likeness (QED) is 0.791. The third kappa shape index (κ3) is 5.09. The molecule has 0 radical (unpaired) electrons. The summed E-state index contributed by atoms with van der Waals surface area (Å²) in [6.45, 7) is 5.89. The predicted octanol–water partition coefficient (Wildman–Crippen LogP) is 4.18. The van der Waals surface area contributed by atoms with Crippen LogP contribution in [-0.2, 0) is 17.8 Å². The second kappa shape index (κ2) is 7.59. The number of rotatable bonds is 5. The van der Waals surface area contributed by atoms with Crippen molar-refractivity contribution >= 4 is 27.3 Å². The fraction of sp³-hybridized carbons (Fsp3) is 0.353. The molecular formula is C17H21BrN2OS. The van der Waals surface area contributed by atoms with Crippen molar-refractivity contribution in [1.29, 1.82) is 0 Å². The minimum atomic E-state index is -1.15. The molecule has 1 heterocycles. The average molecular weight is 381 g/mol. The first-order chi connectivity index (χ1) is 10.4. The number of benzene rings is 1. The number of pyridine rings is 1. The lowest BCUT2D eigenvalue weighted by atomic mass is 10.0. The average Bonchev–Trinajstić information content (AvgIpc) is 2.47. The van der Waals surface area contributed by atoms with Gasteiger partial charge in [-0.15, -0.1) is 4.72 Å². The molecule has 22 heavy (non-hydrogen) atoms. The first kappa shape index (κ1) is 17.5. The Morgan fingerprint density at radius 3 is 2.41 bits per heavy atom. The van der Waals surface area contributed by atoms with Crippen molar-refractivity contribution in [2.45, 2.75) is 38.0 Å². The lowest BCUT2D eigenvalue weighted by Gasteiger charge is -2.28. The number of nitrogens with zero attached hydrogens (tertiary/aromatic N) is 1. The standard InChI is InChI=1S/C17H21BrN2OS/c1-17(2,3)22(21)20-16(11-13-7-5-4-6-8-13)15-10-9-14(18)12-19-15/h4-10,12,16,20H,11H2,1-3H3. The van der Waals surface area contributed by atoms with Gasteiger partial charge in [-0.2, -0.15) is 0 Å². The van der Waals surface area contributed by atoms with E-state index in [1.165, 1.54) is 5.56 Å². The van der Waals surface area contributed by atoms with E-state index in [4.69, 9.17) is 0 Å². The zero-order chi connectivity index (χ0) is 16.2. The smallest absolute Gasteiger partial charge is 0.136 e. The topological polar surface area (TPSA) is 48.0 Å². The summed E-state index contributed by atoms with van der Waals surface area (Å²) < 4.78 is 16.3. The fourth-order valence-corrected chi connectivity index (χ4v) is 3.01. The van der Waals surface area contributed by atoms with Crippen molar-refractivity contribution in [1.82, 2.24) is 9.71 Å². The molecular weight excluding hydrogens is 360 g/mol. The molecule has 2 aromatic rings. The van der Waals surface area contributed by atoms with Gasteiger partial charge in [-0.05, 0) is 60.8 Å². The molecule has 3 nitrogen and oxygen atoms in total. The normalized spacial score (nSPS) is 14.6. The molecule has 1 N–H and O–H groups in total. The zero-order valence-electron chi connectivity index (χ0n) is 13.0. The van der Waals surface area contributed by atoms with Gasteiger partial charge < -0.3 is 4.55 Å². The number of nitrogens with one attached hydrogen (secondary N) is 1. The first-order valence-corrected chi connectivity index (χ1v) is 9.14. The van der Waals surface area contributed by atoms with Crippen LogP contribution in [0, 0.1) is 0 Å². The highest BCUT2D eigenvalue weighted by molar-refractivity contribution is 9.10. The first-order valence-electron chi connectivity index (χ1n) is 7.19. The van der Waals surface area contributed by atoms with Gasteiger partial charge >= 0.3 is 0 Å². The molecule has 1 aromatic heterocycles. The summed E-state index contributed by atoms with van der Waals surface area (Å²) in [6, 6.07) is 14.0. The van der Waals surface area contributed by atoms with Crippen molar-refractivity contribution in [3.8, 4) is 0 Å². The Morgan fingerprint density at radius 1 is 1.18 bits per heavy atom. The van der Waals surface area contributed by atoms with E-state index < -0.39 is 11.4 Å². The maximum Gasteiger partial charge on any atom is 0.136 e. The van der Waals surface area contributed by atoms with E-state index in [0.717, 1.165) is 16.6 Å². The molecule has 0 bridgehead atoms. The van der Waals surface area contributed by atoms with Crippen LogP contribution in [0.2, 0.25) is 0 Å². The SMILES string of the molecule is CC(C)(C)[S+]([O-])NC(Cc1ccccc1)c1ccc(Br)cn1. The minimum Gasteiger partial charge on any atom is -0.598 e. The second-order valence-corrected chi connectivity index (χ2v) is 9.06. The monoisotopic (exact) mass is 380 g/mol. The summed E-state index contributed by atoms with van der Waals surface area (Å²) in [4.78, 5) is 4.47. The number of halogens is 1. The number of aromatic nitrogens is 1. The van der Waals surface area contributed by atoms with Crippen LogP contribution in [0.25, 0.3) is 0 Å². The summed E-state index contributed by atoms with van der Waals surface area (Å²) >= 11 is 2.25. The van der Waals surface area contributed by atoms with Crippen LogP contribution in [0.3, 0.4) is 0 Å². The molecule has 0 amide bonds. The Labute approximate surface area is 144 Å². The van der Waals surface area contributed by atoms with Crippen molar-refractivity contribution in [3.63, 3.8) is 0 Å². The molecule has 0 fully saturated rings. The van der Waals surface area contributed by atoms with Crippen molar-refractivity contribution in [3.05, 3.63) is 64.4 Å². The van der Waals surface area contributed by atoms with Crippen molar-refractivity contribution in [2.24, 2.45) is 0 Å². The van der Waals surface area contributed by atoms with Gasteiger partial charge in [-0.3, -0.25) is 4.98 Å². The Morgan fingerprint density at radius 2 is 1.86 bits per heavy atom. The lowest BCUT2D eigenvalue weighted by Crippen LogP contribution is -2.42. The Kier molecular flexibility index (Phi) is 6.03. The summed E-state index contributed by atoms with van der Waals surface area (Å²) in [5.41, 5.74) is 2.08. The van der Waals surface area contributed by atoms with Crippen LogP contribution < -0.4 is 4.72 Å². The molecule has 1 aromatic carbocycles. The Hall–Kier alpha value is -0.880. The molecule has 0 saturated carbocycles. The van der Waals surface area contributed by atoms with E-state index >= 15 is 0 Å². The highest BCUT2D eigenvalue weighted by Crippen LogP contribution is 2.23. The molecule has 2 atom stereocenters. The summed E-state index contributed by atoms with van der Waals surface area (Å²) in [5.74, 6) is 0. The molecule has 0 spiro atoms. The number of hydrogen-bond acceptors (Lipinski definition) is 3. The van der Waals surface area contributed by atoms with E-state index in [2.05, 4.69) is 37.8 Å². The summed E-state index contributed by atoms with van der Waals surface area (Å²) in [5, 5.41) is 0. The summed E-state index contributed by atoms with van der Waals surface area (Å²) in [6.07, 6.45) is 2.52. The van der Waals surface area contributed by atoms with Crippen LogP contribution >= 0.6 is 15.9 Å². The molecule has 2 rings (SSSR count). The third-order valence-corrected chi connectivity index (χ3v) is 5.28. The van der Waals surface area contributed by atoms with Crippen LogP contribution in [-0.4, -0.2) is 14.3 Å². The largest absolute Gasteiger partial charge is 0.598 e. The van der Waals surface area contributed by atoms with E-state index in [-0.39, 0.29) is 10.8 Å². The van der Waals surface area contributed by atoms with Crippen LogP contribution in [0.4, 0.5) is 0 Å². The maximum atomic E-state index is 12.5. The second-order valence-electron chi connectivity index (χ2n) is 6.14. The molecule has 0 aliphatic heterocycles. The minimum absolute atomic E-state index is 0.0874. The van der Waals surface area contributed by atoms with E-state index in [9.17, 15) is 4.55 Å². The molecule has 2 unspecified atom stereocenters. The van der Waals surface area contributed by atoms with Crippen molar-refractivity contribution in [2.75, 3.05) is 0 Å². The van der Waals surface area contributed by atoms with Gasteiger partial charge in [-0.1, -0.05) is 30.3 Å². The van der Waals surface area contributed by atoms with Gasteiger partial charge in [-0.25, -0.2) is 0 Å². The van der Waals surface area contributed by atoms with E-state index in [1.54, 1.807) is 6.20 Å².